The van der Waals surface area contributed by atoms with Gasteiger partial charge in [0.15, 0.2) is 29.1 Å². The molecular weight excluding hydrogens is 526 g/mol. The van der Waals surface area contributed by atoms with Crippen molar-refractivity contribution in [3.8, 4) is 0 Å². The molecular formula is C25H22F6O7. The van der Waals surface area contributed by atoms with E-state index in [1.165, 1.54) is 13.8 Å². The fraction of sp³-hybridized carbons (Fsp3) is 0.280. The number of Topliss-reactive ketones (excluding diaryl/α,β-unsaturated/α-hetero) is 2. The third-order valence-corrected chi connectivity index (χ3v) is 4.25. The molecule has 0 heterocycles. The van der Waals surface area contributed by atoms with E-state index in [1.54, 1.807) is 6.92 Å². The molecule has 0 aliphatic heterocycles. The van der Waals surface area contributed by atoms with Crippen molar-refractivity contribution in [1.29, 1.82) is 0 Å². The zero-order chi connectivity index (χ0) is 29.0. The average molecular weight is 548 g/mol. The van der Waals surface area contributed by atoms with Crippen LogP contribution in [0.25, 0.3) is 0 Å². The molecule has 0 saturated heterocycles. The summed E-state index contributed by atoms with van der Waals surface area (Å²) in [5.74, 6) is -12.4. The topological polar surface area (TPSA) is 96.0 Å². The quantitative estimate of drug-likeness (QED) is 0.0602. The average Bonchev–Trinajstić information content (AvgIpc) is 2.84. The second kappa shape index (κ2) is 15.2. The normalized spacial score (nSPS) is 10.7. The van der Waals surface area contributed by atoms with Crippen molar-refractivity contribution in [2.24, 2.45) is 0 Å². The Morgan fingerprint density at radius 3 is 1.71 bits per heavy atom. The van der Waals surface area contributed by atoms with Crippen molar-refractivity contribution >= 4 is 23.5 Å². The third kappa shape index (κ3) is 9.05. The maximum atomic E-state index is 13.6. The molecule has 206 valence electrons. The van der Waals surface area contributed by atoms with Crippen LogP contribution >= 0.6 is 0 Å². The minimum Gasteiger partial charge on any atom is -0.500 e. The molecule has 0 radical (unpaired) electrons. The maximum absolute atomic E-state index is 13.6. The molecule has 0 saturated carbocycles. The molecule has 13 heteroatoms. The van der Waals surface area contributed by atoms with Crippen LogP contribution < -0.4 is 0 Å². The summed E-state index contributed by atoms with van der Waals surface area (Å²) in [4.78, 5) is 46.0. The summed E-state index contributed by atoms with van der Waals surface area (Å²) in [5.41, 5.74) is -2.36. The molecule has 0 spiro atoms. The van der Waals surface area contributed by atoms with Crippen LogP contribution in [0.1, 0.15) is 47.9 Å². The summed E-state index contributed by atoms with van der Waals surface area (Å²) >= 11 is 0. The molecule has 0 aliphatic carbocycles. The van der Waals surface area contributed by atoms with E-state index in [-0.39, 0.29) is 19.8 Å². The lowest BCUT2D eigenvalue weighted by molar-refractivity contribution is -0.142. The van der Waals surface area contributed by atoms with Crippen LogP contribution in [0, 0.1) is 34.9 Å². The Kier molecular flexibility index (Phi) is 12.7. The largest absolute Gasteiger partial charge is 0.500 e. The molecule has 2 rings (SSSR count). The van der Waals surface area contributed by atoms with E-state index in [9.17, 15) is 45.5 Å². The van der Waals surface area contributed by atoms with E-state index in [0.717, 1.165) is 6.26 Å². The van der Waals surface area contributed by atoms with Gasteiger partial charge in [0, 0.05) is 12.1 Å². The van der Waals surface area contributed by atoms with E-state index in [0.29, 0.717) is 24.3 Å². The number of esters is 2. The van der Waals surface area contributed by atoms with Gasteiger partial charge in [0.2, 0.25) is 5.78 Å². The summed E-state index contributed by atoms with van der Waals surface area (Å²) in [6.45, 7) is 4.79. The highest BCUT2D eigenvalue weighted by Gasteiger charge is 2.27. The number of hydrogen-bond acceptors (Lipinski definition) is 7. The van der Waals surface area contributed by atoms with Gasteiger partial charge in [-0.15, -0.1) is 0 Å². The second-order valence-corrected chi connectivity index (χ2v) is 6.94. The van der Waals surface area contributed by atoms with E-state index in [2.05, 4.69) is 9.47 Å². The van der Waals surface area contributed by atoms with Gasteiger partial charge in [-0.05, 0) is 32.9 Å². The lowest BCUT2D eigenvalue weighted by Crippen LogP contribution is -2.18. The summed E-state index contributed by atoms with van der Waals surface area (Å²) < 4.78 is 92.5. The van der Waals surface area contributed by atoms with E-state index < -0.39 is 81.5 Å². The van der Waals surface area contributed by atoms with Gasteiger partial charge in [-0.3, -0.25) is 14.4 Å². The number of carbonyl (C=O) groups excluding carboxylic acids is 4. The zero-order valence-corrected chi connectivity index (χ0v) is 20.3. The molecule has 2 aromatic rings. The van der Waals surface area contributed by atoms with Gasteiger partial charge in [-0.2, -0.15) is 0 Å². The number of benzene rings is 2. The van der Waals surface area contributed by atoms with Crippen LogP contribution in [0.2, 0.25) is 0 Å². The molecule has 0 fully saturated rings. The highest BCUT2D eigenvalue weighted by atomic mass is 19.2. The summed E-state index contributed by atoms with van der Waals surface area (Å²) in [6, 6.07) is 1.65. The lowest BCUT2D eigenvalue weighted by atomic mass is 10.0. The van der Waals surface area contributed by atoms with E-state index in [1.807, 2.05) is 0 Å². The smallest absolute Gasteiger partial charge is 0.345 e. The van der Waals surface area contributed by atoms with Crippen LogP contribution in [-0.4, -0.2) is 43.3 Å². The predicted molar refractivity (Wildman–Crippen MR) is 119 cm³/mol. The highest BCUT2D eigenvalue weighted by Crippen LogP contribution is 2.19. The maximum Gasteiger partial charge on any atom is 0.345 e. The molecule has 0 bridgehead atoms. The van der Waals surface area contributed by atoms with Crippen molar-refractivity contribution in [2.45, 2.75) is 27.2 Å². The predicted octanol–water partition coefficient (Wildman–Crippen LogP) is 5.01. The molecule has 7 nitrogen and oxygen atoms in total. The van der Waals surface area contributed by atoms with Gasteiger partial charge in [0.25, 0.3) is 0 Å². The number of hydrogen-bond donors (Lipinski definition) is 0. The van der Waals surface area contributed by atoms with Crippen molar-refractivity contribution in [2.75, 3.05) is 19.8 Å². The van der Waals surface area contributed by atoms with Crippen molar-refractivity contribution in [3.05, 3.63) is 82.1 Å². The van der Waals surface area contributed by atoms with E-state index >= 15 is 0 Å². The van der Waals surface area contributed by atoms with Crippen LogP contribution in [0.15, 0.2) is 36.1 Å². The first-order valence-electron chi connectivity index (χ1n) is 10.9. The summed E-state index contributed by atoms with van der Waals surface area (Å²) in [5, 5.41) is 0. The first-order valence-corrected chi connectivity index (χ1v) is 10.9. The number of carbonyl (C=O) groups is 4. The molecule has 0 unspecified atom stereocenters. The Balaban J connectivity index is 0.000000389. The number of rotatable bonds is 10. The Bertz CT molecular complexity index is 1230. The molecule has 2 aromatic carbocycles. The number of ketones is 2. The molecule has 0 atom stereocenters. The Morgan fingerprint density at radius 1 is 0.711 bits per heavy atom. The fourth-order valence-corrected chi connectivity index (χ4v) is 2.63. The van der Waals surface area contributed by atoms with Gasteiger partial charge < -0.3 is 14.2 Å². The first kappa shape index (κ1) is 31.9. The van der Waals surface area contributed by atoms with Crippen LogP contribution in [0.3, 0.4) is 0 Å². The van der Waals surface area contributed by atoms with Gasteiger partial charge in [-0.1, -0.05) is 0 Å². The summed E-state index contributed by atoms with van der Waals surface area (Å²) in [6.07, 6.45) is 0.0240. The fourth-order valence-electron chi connectivity index (χ4n) is 2.63. The van der Waals surface area contributed by atoms with E-state index in [4.69, 9.17) is 4.74 Å². The minimum absolute atomic E-state index is 0.0322. The number of ether oxygens (including phenoxy) is 3. The Morgan fingerprint density at radius 2 is 1.21 bits per heavy atom. The minimum atomic E-state index is -1.55. The van der Waals surface area contributed by atoms with Crippen LogP contribution in [0.5, 0.6) is 0 Å². The van der Waals surface area contributed by atoms with Crippen molar-refractivity contribution < 1.29 is 59.7 Å². The van der Waals surface area contributed by atoms with Gasteiger partial charge >= 0.3 is 11.9 Å². The third-order valence-electron chi connectivity index (χ3n) is 4.25. The Hall–Kier alpha value is -4.16. The molecule has 38 heavy (non-hydrogen) atoms. The Labute approximate surface area is 213 Å². The van der Waals surface area contributed by atoms with Gasteiger partial charge in [0.05, 0.1) is 30.9 Å². The monoisotopic (exact) mass is 548 g/mol. The lowest BCUT2D eigenvalue weighted by Gasteiger charge is -2.08. The van der Waals surface area contributed by atoms with Gasteiger partial charge in [0.1, 0.15) is 29.9 Å². The summed E-state index contributed by atoms with van der Waals surface area (Å²) in [7, 11) is 0. The molecule has 0 aromatic heterocycles. The number of halogens is 6. The SMILES string of the molecule is CCO/C=C(\C(=O)OCC)C(=O)c1cc(F)cc(F)c1F.CCOC(=O)CC(=O)c1cc(F)cc(F)c1F. The molecule has 0 amide bonds. The van der Waals surface area contributed by atoms with Crippen molar-refractivity contribution in [1.82, 2.24) is 0 Å². The first-order chi connectivity index (χ1) is 17.9. The van der Waals surface area contributed by atoms with Crippen LogP contribution in [-0.2, 0) is 23.8 Å². The second-order valence-electron chi connectivity index (χ2n) is 6.94. The van der Waals surface area contributed by atoms with Gasteiger partial charge in [-0.25, -0.2) is 31.1 Å². The zero-order valence-electron chi connectivity index (χ0n) is 20.3. The molecule has 0 N–H and O–H groups in total. The van der Waals surface area contributed by atoms with Crippen LogP contribution in [0.4, 0.5) is 26.3 Å². The standard InChI is InChI=1S/C14H13F3O4.C11H9F3O3/c1-3-20-7-10(14(19)21-4-2)13(18)9-5-8(15)6-11(16)12(9)17;1-2-17-10(16)5-9(15)7-3-6(12)4-8(13)11(7)14/h5-7H,3-4H2,1-2H3;3-4H,2,5H2,1H3/b10-7-;. The highest BCUT2D eigenvalue weighted by molar-refractivity contribution is 6.24. The molecule has 0 aliphatic rings. The van der Waals surface area contributed by atoms with Crippen molar-refractivity contribution in [3.63, 3.8) is 0 Å².